The van der Waals surface area contributed by atoms with Gasteiger partial charge in [0.1, 0.15) is 16.3 Å². The van der Waals surface area contributed by atoms with Gasteiger partial charge in [-0.05, 0) is 25.2 Å². The number of thiazole rings is 1. The van der Waals surface area contributed by atoms with Crippen molar-refractivity contribution < 1.29 is 8.78 Å². The van der Waals surface area contributed by atoms with Crippen molar-refractivity contribution in [3.8, 4) is 0 Å². The standard InChI is InChI=1S/C12H9F2N3S2/c1-6-4-15-10(19-6)5-17-9-3-7(13)2-8(14)11(9)16-12(17)18/h2-4H,5H2,1H3,(H,16,18). The summed E-state index contributed by atoms with van der Waals surface area (Å²) in [6.07, 6.45) is 1.76. The van der Waals surface area contributed by atoms with E-state index in [1.165, 1.54) is 17.4 Å². The van der Waals surface area contributed by atoms with Crippen LogP contribution >= 0.6 is 23.6 Å². The Morgan fingerprint density at radius 2 is 2.21 bits per heavy atom. The summed E-state index contributed by atoms with van der Waals surface area (Å²) in [6.45, 7) is 2.36. The predicted molar refractivity (Wildman–Crippen MR) is 73.0 cm³/mol. The van der Waals surface area contributed by atoms with Crippen molar-refractivity contribution in [2.75, 3.05) is 0 Å². The summed E-state index contributed by atoms with van der Waals surface area (Å²) >= 11 is 6.69. The van der Waals surface area contributed by atoms with Crippen molar-refractivity contribution in [2.45, 2.75) is 13.5 Å². The number of aryl methyl sites for hydroxylation is 1. The van der Waals surface area contributed by atoms with Gasteiger partial charge in [-0.15, -0.1) is 11.3 Å². The van der Waals surface area contributed by atoms with Gasteiger partial charge >= 0.3 is 0 Å². The molecule has 98 valence electrons. The molecule has 3 aromatic rings. The zero-order valence-corrected chi connectivity index (χ0v) is 11.5. The largest absolute Gasteiger partial charge is 0.328 e. The third kappa shape index (κ3) is 2.19. The van der Waals surface area contributed by atoms with E-state index >= 15 is 0 Å². The highest BCUT2D eigenvalue weighted by Crippen LogP contribution is 2.21. The molecule has 0 bridgehead atoms. The summed E-state index contributed by atoms with van der Waals surface area (Å²) in [4.78, 5) is 8.08. The second-order valence-corrected chi connectivity index (χ2v) is 5.87. The lowest BCUT2D eigenvalue weighted by atomic mass is 10.3. The molecule has 3 rings (SSSR count). The van der Waals surface area contributed by atoms with E-state index in [4.69, 9.17) is 12.2 Å². The Labute approximate surface area is 116 Å². The van der Waals surface area contributed by atoms with Gasteiger partial charge in [-0.1, -0.05) is 0 Å². The summed E-state index contributed by atoms with van der Waals surface area (Å²) in [5.74, 6) is -1.27. The Hall–Kier alpha value is -1.60. The molecule has 0 atom stereocenters. The van der Waals surface area contributed by atoms with Gasteiger partial charge in [0.25, 0.3) is 0 Å². The summed E-state index contributed by atoms with van der Waals surface area (Å²) in [5.41, 5.74) is 0.634. The van der Waals surface area contributed by atoms with Crippen molar-refractivity contribution in [3.05, 3.63) is 44.6 Å². The van der Waals surface area contributed by atoms with Gasteiger partial charge in [-0.2, -0.15) is 0 Å². The molecule has 0 aliphatic heterocycles. The molecule has 2 heterocycles. The second-order valence-electron chi connectivity index (χ2n) is 4.16. The average Bonchev–Trinajstić information content (AvgIpc) is 2.87. The van der Waals surface area contributed by atoms with Gasteiger partial charge in [0, 0.05) is 17.1 Å². The summed E-state index contributed by atoms with van der Waals surface area (Å²) in [5, 5.41) is 0.846. The summed E-state index contributed by atoms with van der Waals surface area (Å²) < 4.78 is 29.0. The number of hydrogen-bond donors (Lipinski definition) is 1. The van der Waals surface area contributed by atoms with Gasteiger partial charge in [0.15, 0.2) is 10.6 Å². The van der Waals surface area contributed by atoms with Crippen molar-refractivity contribution in [3.63, 3.8) is 0 Å². The molecule has 0 fully saturated rings. The number of H-pyrrole nitrogens is 1. The number of imidazole rings is 1. The Balaban J connectivity index is 2.18. The van der Waals surface area contributed by atoms with E-state index in [0.29, 0.717) is 16.8 Å². The minimum atomic E-state index is -0.643. The molecule has 0 saturated heterocycles. The predicted octanol–water partition coefficient (Wildman–Crippen LogP) is 3.79. The first kappa shape index (κ1) is 12.4. The van der Waals surface area contributed by atoms with E-state index in [1.54, 1.807) is 10.8 Å². The van der Waals surface area contributed by atoms with Crippen LogP contribution < -0.4 is 0 Å². The molecule has 0 spiro atoms. The maximum atomic E-state index is 13.6. The molecule has 0 saturated carbocycles. The first-order valence-electron chi connectivity index (χ1n) is 5.53. The number of benzene rings is 1. The fourth-order valence-electron chi connectivity index (χ4n) is 1.95. The van der Waals surface area contributed by atoms with E-state index < -0.39 is 11.6 Å². The smallest absolute Gasteiger partial charge is 0.178 e. The van der Waals surface area contributed by atoms with Crippen LogP contribution in [0.15, 0.2) is 18.3 Å². The number of halogens is 2. The van der Waals surface area contributed by atoms with E-state index in [1.807, 2.05) is 6.92 Å². The molecule has 0 radical (unpaired) electrons. The zero-order valence-electron chi connectivity index (χ0n) is 9.91. The van der Waals surface area contributed by atoms with Crippen LogP contribution in [0.1, 0.15) is 9.88 Å². The molecule has 1 aromatic carbocycles. The van der Waals surface area contributed by atoms with Crippen LogP contribution in [0, 0.1) is 23.3 Å². The molecule has 0 unspecified atom stereocenters. The van der Waals surface area contributed by atoms with Gasteiger partial charge in [-0.25, -0.2) is 13.8 Å². The molecule has 1 N–H and O–H groups in total. The maximum absolute atomic E-state index is 13.6. The quantitative estimate of drug-likeness (QED) is 0.730. The highest BCUT2D eigenvalue weighted by molar-refractivity contribution is 7.71. The fraction of sp³-hybridized carbons (Fsp3) is 0.167. The van der Waals surface area contributed by atoms with Gasteiger partial charge in [-0.3, -0.25) is 0 Å². The minimum absolute atomic E-state index is 0.222. The lowest BCUT2D eigenvalue weighted by Gasteiger charge is -2.02. The van der Waals surface area contributed by atoms with E-state index in [-0.39, 0.29) is 5.52 Å². The molecule has 0 amide bonds. The van der Waals surface area contributed by atoms with Gasteiger partial charge in [0.05, 0.1) is 12.1 Å². The fourth-order valence-corrected chi connectivity index (χ4v) is 2.99. The Morgan fingerprint density at radius 3 is 2.89 bits per heavy atom. The Morgan fingerprint density at radius 1 is 1.42 bits per heavy atom. The molecule has 3 nitrogen and oxygen atoms in total. The second kappa shape index (κ2) is 4.50. The number of aromatic nitrogens is 3. The number of rotatable bonds is 2. The average molecular weight is 297 g/mol. The van der Waals surface area contributed by atoms with E-state index in [9.17, 15) is 8.78 Å². The Kier molecular flexibility index (Phi) is 2.94. The van der Waals surface area contributed by atoms with Crippen LogP contribution in [0.5, 0.6) is 0 Å². The highest BCUT2D eigenvalue weighted by atomic mass is 32.1. The SMILES string of the molecule is Cc1cnc(Cn2c(=S)[nH]c3c(F)cc(F)cc32)s1. The van der Waals surface area contributed by atoms with Gasteiger partial charge in [0.2, 0.25) is 0 Å². The zero-order chi connectivity index (χ0) is 13.6. The molecule has 7 heteroatoms. The molecular weight excluding hydrogens is 288 g/mol. The maximum Gasteiger partial charge on any atom is 0.178 e. The normalized spacial score (nSPS) is 11.3. The molecule has 0 aliphatic rings. The monoisotopic (exact) mass is 297 g/mol. The number of aromatic amines is 1. The van der Waals surface area contributed by atoms with Crippen molar-refractivity contribution in [2.24, 2.45) is 0 Å². The molecular formula is C12H9F2N3S2. The van der Waals surface area contributed by atoms with Crippen molar-refractivity contribution in [1.29, 1.82) is 0 Å². The molecule has 19 heavy (non-hydrogen) atoms. The van der Waals surface area contributed by atoms with Crippen LogP contribution in [0.3, 0.4) is 0 Å². The lowest BCUT2D eigenvalue weighted by Crippen LogP contribution is -1.99. The minimum Gasteiger partial charge on any atom is -0.328 e. The van der Waals surface area contributed by atoms with Crippen molar-refractivity contribution in [1.82, 2.24) is 14.5 Å². The highest BCUT2D eigenvalue weighted by Gasteiger charge is 2.12. The third-order valence-electron chi connectivity index (χ3n) is 2.76. The third-order valence-corrected chi connectivity index (χ3v) is 3.98. The first-order valence-corrected chi connectivity index (χ1v) is 6.76. The summed E-state index contributed by atoms with van der Waals surface area (Å²) in [6, 6.07) is 2.11. The number of nitrogens with zero attached hydrogens (tertiary/aromatic N) is 2. The van der Waals surface area contributed by atoms with Gasteiger partial charge < -0.3 is 9.55 Å². The number of fused-ring (bicyclic) bond motifs is 1. The molecule has 2 aromatic heterocycles. The van der Waals surface area contributed by atoms with Crippen LogP contribution in [0.4, 0.5) is 8.78 Å². The first-order chi connectivity index (χ1) is 9.04. The lowest BCUT2D eigenvalue weighted by molar-refractivity contribution is 0.590. The van der Waals surface area contributed by atoms with Crippen LogP contribution in [-0.4, -0.2) is 14.5 Å². The van der Waals surface area contributed by atoms with Crippen molar-refractivity contribution >= 4 is 34.6 Å². The number of nitrogens with one attached hydrogen (secondary N) is 1. The van der Waals surface area contributed by atoms with Crippen LogP contribution in [-0.2, 0) is 6.54 Å². The Bertz CT molecular complexity index is 816. The van der Waals surface area contributed by atoms with E-state index in [2.05, 4.69) is 9.97 Å². The van der Waals surface area contributed by atoms with Crippen LogP contribution in [0.2, 0.25) is 0 Å². The van der Waals surface area contributed by atoms with E-state index in [0.717, 1.165) is 16.0 Å². The number of hydrogen-bond acceptors (Lipinski definition) is 3. The molecule has 0 aliphatic carbocycles. The summed E-state index contributed by atoms with van der Waals surface area (Å²) in [7, 11) is 0. The topological polar surface area (TPSA) is 33.6 Å². The van der Waals surface area contributed by atoms with Crippen LogP contribution in [0.25, 0.3) is 11.0 Å².